The molecule has 8 heteroatoms. The summed E-state index contributed by atoms with van der Waals surface area (Å²) >= 11 is 1.50. The van der Waals surface area contributed by atoms with Crippen LogP contribution in [0.3, 0.4) is 0 Å². The van der Waals surface area contributed by atoms with Crippen LogP contribution in [-0.4, -0.2) is 43.7 Å². The lowest BCUT2D eigenvalue weighted by molar-refractivity contribution is -0.0127. The molecule has 0 aliphatic carbocycles. The molecule has 1 aliphatic rings. The molecular formula is C24H24N6OS. The van der Waals surface area contributed by atoms with E-state index in [0.29, 0.717) is 10.6 Å². The normalized spacial score (nSPS) is 16.3. The first kappa shape index (κ1) is 20.8. The number of hydrogen-bond acceptors (Lipinski definition) is 7. The van der Waals surface area contributed by atoms with Gasteiger partial charge in [-0.05, 0) is 42.7 Å². The van der Waals surface area contributed by atoms with Crippen molar-refractivity contribution in [1.29, 1.82) is 5.26 Å². The van der Waals surface area contributed by atoms with Gasteiger partial charge in [0.25, 0.3) is 0 Å². The van der Waals surface area contributed by atoms with E-state index in [0.717, 1.165) is 58.7 Å². The van der Waals surface area contributed by atoms with Gasteiger partial charge in [-0.1, -0.05) is 18.2 Å². The second-order valence-corrected chi connectivity index (χ2v) is 9.26. The summed E-state index contributed by atoms with van der Waals surface area (Å²) in [6.07, 6.45) is 2.78. The molecule has 0 saturated carbocycles. The Morgan fingerprint density at radius 2 is 1.88 bits per heavy atom. The van der Waals surface area contributed by atoms with Gasteiger partial charge in [0.15, 0.2) is 6.23 Å². The fraction of sp³-hybridized carbons (Fsp3) is 0.292. The number of imidazole rings is 1. The topological polar surface area (TPSA) is 104 Å². The first-order valence-corrected chi connectivity index (χ1v) is 11.5. The Morgan fingerprint density at radius 1 is 1.16 bits per heavy atom. The van der Waals surface area contributed by atoms with Gasteiger partial charge in [0.2, 0.25) is 0 Å². The maximum atomic E-state index is 11.1. The van der Waals surface area contributed by atoms with Crippen LogP contribution in [0.1, 0.15) is 29.6 Å². The minimum absolute atomic E-state index is 0.199. The fourth-order valence-electron chi connectivity index (χ4n) is 4.14. The minimum atomic E-state index is -0.767. The second-order valence-electron chi connectivity index (χ2n) is 8.23. The number of benzene rings is 2. The van der Waals surface area contributed by atoms with E-state index in [1.54, 1.807) is 18.5 Å². The van der Waals surface area contributed by atoms with Crippen molar-refractivity contribution in [3.8, 4) is 27.8 Å². The molecule has 3 N–H and O–H groups in total. The largest absolute Gasteiger partial charge is 0.372 e. The number of piperidine rings is 1. The van der Waals surface area contributed by atoms with Gasteiger partial charge in [0.1, 0.15) is 5.01 Å². The summed E-state index contributed by atoms with van der Waals surface area (Å²) in [5.41, 5.74) is 11.3. The van der Waals surface area contributed by atoms with E-state index in [-0.39, 0.29) is 6.04 Å². The molecule has 162 valence electrons. The Bertz CT molecular complexity index is 1290. The Kier molecular flexibility index (Phi) is 5.49. The Balaban J connectivity index is 1.58. The molecule has 1 aliphatic heterocycles. The average Bonchev–Trinajstić information content (AvgIpc) is 3.43. The Hall–Kier alpha value is -3.09. The molecule has 1 saturated heterocycles. The van der Waals surface area contributed by atoms with Crippen molar-refractivity contribution in [2.24, 2.45) is 12.8 Å². The minimum Gasteiger partial charge on any atom is -0.372 e. The molecule has 0 spiro atoms. The summed E-state index contributed by atoms with van der Waals surface area (Å²) in [6, 6.07) is 16.0. The van der Waals surface area contributed by atoms with Gasteiger partial charge in [0, 0.05) is 31.7 Å². The van der Waals surface area contributed by atoms with Gasteiger partial charge in [0.05, 0.1) is 39.6 Å². The summed E-state index contributed by atoms with van der Waals surface area (Å²) in [6.45, 7) is 1.51. The van der Waals surface area contributed by atoms with Crippen molar-refractivity contribution in [2.45, 2.75) is 25.1 Å². The van der Waals surface area contributed by atoms with E-state index in [4.69, 9.17) is 16.0 Å². The van der Waals surface area contributed by atoms with Crippen LogP contribution in [0.4, 0.5) is 0 Å². The van der Waals surface area contributed by atoms with E-state index >= 15 is 0 Å². The average molecular weight is 445 g/mol. The highest BCUT2D eigenvalue weighted by atomic mass is 32.1. The smallest absolute Gasteiger partial charge is 0.160 e. The van der Waals surface area contributed by atoms with Gasteiger partial charge in [-0.2, -0.15) is 5.26 Å². The quantitative estimate of drug-likeness (QED) is 0.498. The van der Waals surface area contributed by atoms with E-state index in [1.807, 2.05) is 28.6 Å². The zero-order valence-corrected chi connectivity index (χ0v) is 18.6. The number of thiazole rings is 1. The molecule has 1 atom stereocenters. The van der Waals surface area contributed by atoms with Gasteiger partial charge in [-0.15, -0.1) is 11.3 Å². The molecule has 2 aromatic carbocycles. The zero-order valence-electron chi connectivity index (χ0n) is 17.8. The van der Waals surface area contributed by atoms with Crippen LogP contribution in [-0.2, 0) is 7.05 Å². The molecule has 0 radical (unpaired) electrons. The van der Waals surface area contributed by atoms with Crippen LogP contribution >= 0.6 is 11.3 Å². The maximum Gasteiger partial charge on any atom is 0.160 e. The molecule has 1 unspecified atom stereocenters. The third kappa shape index (κ3) is 3.80. The standard InChI is InChI=1S/C24H24N6OS/c1-29-14-27-19-12-17(6-7-20(19)29)22-21(16-4-2-15(13-25)3-5-16)28-23(32-22)24(31)30-10-8-18(26)9-11-30/h2-7,12,14,18,24,31H,8-11,26H2,1H3. The maximum absolute atomic E-state index is 11.1. The Morgan fingerprint density at radius 3 is 2.59 bits per heavy atom. The zero-order chi connectivity index (χ0) is 22.2. The third-order valence-electron chi connectivity index (χ3n) is 6.06. The molecule has 3 heterocycles. The second kappa shape index (κ2) is 8.45. The molecule has 4 aromatic rings. The summed E-state index contributed by atoms with van der Waals surface area (Å²) in [5.74, 6) is 0. The molecule has 0 bridgehead atoms. The van der Waals surface area contributed by atoms with Gasteiger partial charge in [-0.25, -0.2) is 9.97 Å². The number of aliphatic hydroxyl groups is 1. The lowest BCUT2D eigenvalue weighted by Crippen LogP contribution is -2.41. The van der Waals surface area contributed by atoms with E-state index in [1.165, 1.54) is 11.3 Å². The van der Waals surface area contributed by atoms with E-state index < -0.39 is 6.23 Å². The van der Waals surface area contributed by atoms with Crippen LogP contribution in [0.2, 0.25) is 0 Å². The highest BCUT2D eigenvalue weighted by molar-refractivity contribution is 7.15. The predicted molar refractivity (Wildman–Crippen MR) is 126 cm³/mol. The van der Waals surface area contributed by atoms with Crippen molar-refractivity contribution < 1.29 is 5.11 Å². The SMILES string of the molecule is Cn1cnc2cc(-c3sc(C(O)N4CCC(N)CC4)nc3-c3ccc(C#N)cc3)ccc21. The number of likely N-dealkylation sites (tertiary alicyclic amines) is 1. The van der Waals surface area contributed by atoms with Gasteiger partial charge >= 0.3 is 0 Å². The van der Waals surface area contributed by atoms with E-state index in [2.05, 4.69) is 29.3 Å². The molecule has 2 aromatic heterocycles. The molecular weight excluding hydrogens is 420 g/mol. The lowest BCUT2D eigenvalue weighted by atomic mass is 10.0. The number of rotatable bonds is 4. The fourth-order valence-corrected chi connectivity index (χ4v) is 5.24. The monoisotopic (exact) mass is 444 g/mol. The van der Waals surface area contributed by atoms with Crippen LogP contribution in [0, 0.1) is 11.3 Å². The highest BCUT2D eigenvalue weighted by Crippen LogP contribution is 2.40. The highest BCUT2D eigenvalue weighted by Gasteiger charge is 2.27. The van der Waals surface area contributed by atoms with Crippen LogP contribution in [0.25, 0.3) is 32.7 Å². The van der Waals surface area contributed by atoms with Crippen molar-refractivity contribution in [1.82, 2.24) is 19.4 Å². The third-order valence-corrected chi connectivity index (χ3v) is 7.20. The van der Waals surface area contributed by atoms with E-state index in [9.17, 15) is 5.11 Å². The van der Waals surface area contributed by atoms with Crippen LogP contribution < -0.4 is 5.73 Å². The van der Waals surface area contributed by atoms with Crippen molar-refractivity contribution >= 4 is 22.4 Å². The number of nitrogens with zero attached hydrogens (tertiary/aromatic N) is 5. The van der Waals surface area contributed by atoms with Crippen molar-refractivity contribution in [3.05, 3.63) is 59.4 Å². The lowest BCUT2D eigenvalue weighted by Gasteiger charge is -2.32. The molecule has 1 fully saturated rings. The predicted octanol–water partition coefficient (Wildman–Crippen LogP) is 3.65. The number of aryl methyl sites for hydroxylation is 1. The molecule has 5 rings (SSSR count). The number of nitriles is 1. The van der Waals surface area contributed by atoms with Crippen molar-refractivity contribution in [3.63, 3.8) is 0 Å². The molecule has 0 amide bonds. The number of aliphatic hydroxyl groups excluding tert-OH is 1. The first-order chi connectivity index (χ1) is 15.5. The van der Waals surface area contributed by atoms with Crippen LogP contribution in [0.15, 0.2) is 48.8 Å². The number of hydrogen-bond donors (Lipinski definition) is 2. The molecule has 7 nitrogen and oxygen atoms in total. The Labute approximate surface area is 190 Å². The first-order valence-electron chi connectivity index (χ1n) is 10.6. The number of aromatic nitrogens is 3. The number of nitrogens with two attached hydrogens (primary N) is 1. The summed E-state index contributed by atoms with van der Waals surface area (Å²) in [7, 11) is 1.98. The number of fused-ring (bicyclic) bond motifs is 1. The van der Waals surface area contributed by atoms with Crippen LogP contribution in [0.5, 0.6) is 0 Å². The summed E-state index contributed by atoms with van der Waals surface area (Å²) < 4.78 is 1.99. The van der Waals surface area contributed by atoms with Gasteiger partial charge < -0.3 is 15.4 Å². The molecule has 32 heavy (non-hydrogen) atoms. The van der Waals surface area contributed by atoms with Crippen molar-refractivity contribution in [2.75, 3.05) is 13.1 Å². The summed E-state index contributed by atoms with van der Waals surface area (Å²) in [4.78, 5) is 12.4. The van der Waals surface area contributed by atoms with Gasteiger partial charge in [-0.3, -0.25) is 4.90 Å². The summed E-state index contributed by atoms with van der Waals surface area (Å²) in [5, 5.41) is 20.9.